The summed E-state index contributed by atoms with van der Waals surface area (Å²) < 4.78 is 0. The summed E-state index contributed by atoms with van der Waals surface area (Å²) in [6.07, 6.45) is 3.72. The maximum Gasteiger partial charge on any atom is 0.0488 e. The van der Waals surface area contributed by atoms with Gasteiger partial charge in [0.05, 0.1) is 0 Å². The van der Waals surface area contributed by atoms with Gasteiger partial charge in [-0.1, -0.05) is 91.0 Å². The van der Waals surface area contributed by atoms with Crippen molar-refractivity contribution in [1.29, 1.82) is 0 Å². The van der Waals surface area contributed by atoms with E-state index in [9.17, 15) is 0 Å². The molecule has 0 atom stereocenters. The molecule has 7 rings (SSSR count). The normalized spacial score (nSPS) is 10.9. The lowest BCUT2D eigenvalue weighted by Gasteiger charge is -2.27. The Kier molecular flexibility index (Phi) is 6.89. The molecule has 0 aliphatic rings. The van der Waals surface area contributed by atoms with Crippen LogP contribution < -0.4 is 10.2 Å². The number of pyridine rings is 1. The minimum absolute atomic E-state index is 1.01. The maximum absolute atomic E-state index is 4.39. The Morgan fingerprint density at radius 2 is 1.10 bits per heavy atom. The lowest BCUT2D eigenvalue weighted by atomic mass is 10.0. The number of hydrogen-bond donors (Lipinski definition) is 1. The van der Waals surface area contributed by atoms with Gasteiger partial charge in [0.25, 0.3) is 0 Å². The number of rotatable bonds is 7. The van der Waals surface area contributed by atoms with E-state index in [0.717, 1.165) is 39.6 Å². The van der Waals surface area contributed by atoms with Crippen LogP contribution in [0.5, 0.6) is 0 Å². The molecule has 0 radical (unpaired) electrons. The van der Waals surface area contributed by atoms with Crippen molar-refractivity contribution in [1.82, 2.24) is 4.98 Å². The van der Waals surface area contributed by atoms with E-state index >= 15 is 0 Å². The van der Waals surface area contributed by atoms with Gasteiger partial charge in [0.1, 0.15) is 0 Å². The Balaban J connectivity index is 1.33. The second kappa shape index (κ2) is 11.4. The molecular formula is C39H29N3. The molecule has 0 fully saturated rings. The number of benzene rings is 6. The van der Waals surface area contributed by atoms with Gasteiger partial charge in [-0.2, -0.15) is 0 Å². The molecule has 1 aromatic heterocycles. The highest BCUT2D eigenvalue weighted by molar-refractivity contribution is 5.88. The molecule has 0 bridgehead atoms. The molecule has 200 valence electrons. The summed E-state index contributed by atoms with van der Waals surface area (Å²) in [5, 5.41) is 6.11. The van der Waals surface area contributed by atoms with Crippen molar-refractivity contribution in [2.24, 2.45) is 0 Å². The molecule has 0 amide bonds. The smallest absolute Gasteiger partial charge is 0.0488 e. The highest BCUT2D eigenvalue weighted by Crippen LogP contribution is 2.39. The van der Waals surface area contributed by atoms with Gasteiger partial charge in [-0.3, -0.25) is 4.98 Å². The van der Waals surface area contributed by atoms with Crippen molar-refractivity contribution in [3.63, 3.8) is 0 Å². The van der Waals surface area contributed by atoms with Crippen LogP contribution in [0.4, 0.5) is 28.4 Å². The van der Waals surface area contributed by atoms with Crippen molar-refractivity contribution in [2.45, 2.75) is 0 Å². The van der Waals surface area contributed by atoms with Crippen LogP contribution in [0.25, 0.3) is 33.0 Å². The standard InChI is InChI=1S/C39H29N3/c1-3-13-35(14-4-1)41-36-25-34(33-12-9-23-40-28-33)26-39(27-36)42(37-15-5-2-6-16-37)38-21-19-30(20-22-38)32-18-17-29-10-7-8-11-31(29)24-32/h1-28,41H. The first-order valence-corrected chi connectivity index (χ1v) is 14.1. The van der Waals surface area contributed by atoms with Crippen LogP contribution in [0.2, 0.25) is 0 Å². The Morgan fingerprint density at radius 3 is 1.86 bits per heavy atom. The highest BCUT2D eigenvalue weighted by atomic mass is 15.1. The first-order valence-electron chi connectivity index (χ1n) is 14.1. The lowest BCUT2D eigenvalue weighted by molar-refractivity contribution is 1.28. The average molecular weight is 540 g/mol. The summed E-state index contributed by atoms with van der Waals surface area (Å²) in [7, 11) is 0. The molecule has 0 unspecified atom stereocenters. The van der Waals surface area contributed by atoms with Gasteiger partial charge < -0.3 is 10.2 Å². The largest absolute Gasteiger partial charge is 0.355 e. The Labute approximate surface area is 246 Å². The molecule has 0 spiro atoms. The van der Waals surface area contributed by atoms with Crippen LogP contribution in [-0.2, 0) is 0 Å². The summed E-state index contributed by atoms with van der Waals surface area (Å²) >= 11 is 0. The second-order valence-corrected chi connectivity index (χ2v) is 10.3. The van der Waals surface area contributed by atoms with E-state index < -0.39 is 0 Å². The minimum atomic E-state index is 1.01. The first-order chi connectivity index (χ1) is 20.8. The monoisotopic (exact) mass is 539 g/mol. The molecule has 1 N–H and O–H groups in total. The van der Waals surface area contributed by atoms with Crippen LogP contribution in [0.1, 0.15) is 0 Å². The van der Waals surface area contributed by atoms with Gasteiger partial charge in [0.2, 0.25) is 0 Å². The van der Waals surface area contributed by atoms with E-state index in [1.54, 1.807) is 0 Å². The number of nitrogens with zero attached hydrogens (tertiary/aromatic N) is 2. The number of para-hydroxylation sites is 2. The fraction of sp³-hybridized carbons (Fsp3) is 0. The summed E-state index contributed by atoms with van der Waals surface area (Å²) in [5.41, 5.74) is 9.82. The van der Waals surface area contributed by atoms with E-state index in [4.69, 9.17) is 0 Å². The molecule has 3 nitrogen and oxygen atoms in total. The number of nitrogens with one attached hydrogen (secondary N) is 1. The van der Waals surface area contributed by atoms with E-state index in [0.29, 0.717) is 0 Å². The van der Waals surface area contributed by atoms with Crippen molar-refractivity contribution in [3.8, 4) is 22.3 Å². The summed E-state index contributed by atoms with van der Waals surface area (Å²) in [5.74, 6) is 0. The molecule has 1 heterocycles. The van der Waals surface area contributed by atoms with Crippen molar-refractivity contribution in [2.75, 3.05) is 10.2 Å². The summed E-state index contributed by atoms with van der Waals surface area (Å²) in [6.45, 7) is 0. The van der Waals surface area contributed by atoms with Gasteiger partial charge in [-0.05, 0) is 94.2 Å². The SMILES string of the molecule is c1ccc(Nc2cc(-c3cccnc3)cc(N(c3ccccc3)c3ccc(-c4ccc5ccccc5c4)cc3)c2)cc1. The van der Waals surface area contributed by atoms with Gasteiger partial charge in [-0.15, -0.1) is 0 Å². The molecule has 0 saturated heterocycles. The van der Waals surface area contributed by atoms with E-state index in [-0.39, 0.29) is 0 Å². The fourth-order valence-corrected chi connectivity index (χ4v) is 5.40. The predicted octanol–water partition coefficient (Wildman–Crippen LogP) is 10.8. The topological polar surface area (TPSA) is 28.2 Å². The second-order valence-electron chi connectivity index (χ2n) is 10.3. The third-order valence-electron chi connectivity index (χ3n) is 7.46. The predicted molar refractivity (Wildman–Crippen MR) is 177 cm³/mol. The molecule has 0 aliphatic heterocycles. The average Bonchev–Trinajstić information content (AvgIpc) is 3.06. The quantitative estimate of drug-likeness (QED) is 0.218. The molecular weight excluding hydrogens is 510 g/mol. The molecule has 0 aliphatic carbocycles. The van der Waals surface area contributed by atoms with Crippen molar-refractivity contribution >= 4 is 39.2 Å². The molecule has 42 heavy (non-hydrogen) atoms. The lowest BCUT2D eigenvalue weighted by Crippen LogP contribution is -2.10. The van der Waals surface area contributed by atoms with Crippen molar-refractivity contribution < 1.29 is 0 Å². The number of anilines is 5. The zero-order valence-electron chi connectivity index (χ0n) is 23.1. The summed E-state index contributed by atoms with van der Waals surface area (Å²) in [4.78, 5) is 6.69. The Bertz CT molecular complexity index is 1930. The molecule has 3 heteroatoms. The van der Waals surface area contributed by atoms with E-state index in [1.165, 1.54) is 21.9 Å². The van der Waals surface area contributed by atoms with Crippen LogP contribution in [0.15, 0.2) is 170 Å². The van der Waals surface area contributed by atoms with Crippen molar-refractivity contribution in [3.05, 3.63) is 170 Å². The molecule has 6 aromatic carbocycles. The van der Waals surface area contributed by atoms with Crippen LogP contribution in [0, 0.1) is 0 Å². The maximum atomic E-state index is 4.39. The van der Waals surface area contributed by atoms with E-state index in [1.807, 2.05) is 36.7 Å². The third kappa shape index (κ3) is 5.36. The van der Waals surface area contributed by atoms with Gasteiger partial charge in [-0.25, -0.2) is 0 Å². The minimum Gasteiger partial charge on any atom is -0.355 e. The number of aromatic nitrogens is 1. The van der Waals surface area contributed by atoms with Gasteiger partial charge >= 0.3 is 0 Å². The zero-order valence-corrected chi connectivity index (χ0v) is 23.1. The van der Waals surface area contributed by atoms with Crippen LogP contribution >= 0.6 is 0 Å². The van der Waals surface area contributed by atoms with Gasteiger partial charge in [0.15, 0.2) is 0 Å². The van der Waals surface area contributed by atoms with E-state index in [2.05, 4.69) is 149 Å². The Hall–Kier alpha value is -5.67. The third-order valence-corrected chi connectivity index (χ3v) is 7.46. The van der Waals surface area contributed by atoms with Gasteiger partial charge in [0, 0.05) is 46.4 Å². The molecule has 7 aromatic rings. The zero-order chi connectivity index (χ0) is 28.1. The van der Waals surface area contributed by atoms with Crippen LogP contribution in [0.3, 0.4) is 0 Å². The fourth-order valence-electron chi connectivity index (χ4n) is 5.40. The number of hydrogen-bond acceptors (Lipinski definition) is 3. The molecule has 0 saturated carbocycles. The van der Waals surface area contributed by atoms with Crippen LogP contribution in [-0.4, -0.2) is 4.98 Å². The Morgan fingerprint density at radius 1 is 0.405 bits per heavy atom. The number of fused-ring (bicyclic) bond motifs is 1. The summed E-state index contributed by atoms with van der Waals surface area (Å²) in [6, 6.07) is 55.5. The highest BCUT2D eigenvalue weighted by Gasteiger charge is 2.15. The first kappa shape index (κ1) is 25.3.